The highest BCUT2D eigenvalue weighted by Gasteiger charge is 2.17. The fourth-order valence-electron chi connectivity index (χ4n) is 1.72. The van der Waals surface area contributed by atoms with Gasteiger partial charge in [-0.1, -0.05) is 6.07 Å². The number of aromatic amines is 1. The summed E-state index contributed by atoms with van der Waals surface area (Å²) < 4.78 is 13.5. The van der Waals surface area contributed by atoms with Crippen molar-refractivity contribution in [3.8, 4) is 0 Å². The van der Waals surface area contributed by atoms with Gasteiger partial charge >= 0.3 is 0 Å². The van der Waals surface area contributed by atoms with Crippen LogP contribution in [0.15, 0.2) is 30.6 Å². The smallest absolute Gasteiger partial charge is 0.254 e. The summed E-state index contributed by atoms with van der Waals surface area (Å²) in [7, 11) is 0. The molecule has 1 atom stereocenters. The molecular weight excluding hydrogens is 249 g/mol. The molecule has 100 valence electrons. The van der Waals surface area contributed by atoms with E-state index in [2.05, 4.69) is 20.7 Å². The number of nitrogen functional groups attached to an aromatic ring is 1. The number of halogens is 1. The maximum atomic E-state index is 13.5. The zero-order valence-corrected chi connectivity index (χ0v) is 10.3. The Labute approximate surface area is 109 Å². The molecule has 0 fully saturated rings. The van der Waals surface area contributed by atoms with Crippen molar-refractivity contribution >= 4 is 11.6 Å². The summed E-state index contributed by atoms with van der Waals surface area (Å²) in [5.41, 5.74) is 2.30. The first-order valence-corrected chi connectivity index (χ1v) is 5.68. The van der Waals surface area contributed by atoms with Crippen LogP contribution in [0, 0.1) is 5.82 Å². The minimum Gasteiger partial charge on any atom is -0.347 e. The van der Waals surface area contributed by atoms with Crippen molar-refractivity contribution in [1.82, 2.24) is 15.3 Å². The van der Waals surface area contributed by atoms with Gasteiger partial charge in [-0.25, -0.2) is 9.37 Å². The van der Waals surface area contributed by atoms with Crippen LogP contribution in [0.1, 0.15) is 29.1 Å². The number of hydrogen-bond donors (Lipinski definition) is 4. The lowest BCUT2D eigenvalue weighted by Crippen LogP contribution is -2.28. The van der Waals surface area contributed by atoms with Gasteiger partial charge in [0.25, 0.3) is 5.91 Å². The molecule has 7 heteroatoms. The average Bonchev–Trinajstić information content (AvgIpc) is 2.92. The predicted octanol–water partition coefficient (Wildman–Crippen LogP) is 1.33. The van der Waals surface area contributed by atoms with Crippen LogP contribution in [-0.4, -0.2) is 15.9 Å². The van der Waals surface area contributed by atoms with E-state index in [1.165, 1.54) is 18.2 Å². The summed E-state index contributed by atoms with van der Waals surface area (Å²) in [6.07, 6.45) is 3.25. The number of rotatable bonds is 4. The Balaban J connectivity index is 2.19. The first-order chi connectivity index (χ1) is 9.13. The van der Waals surface area contributed by atoms with E-state index in [9.17, 15) is 9.18 Å². The number of imidazole rings is 1. The number of amides is 1. The van der Waals surface area contributed by atoms with E-state index in [4.69, 9.17) is 5.84 Å². The second-order valence-electron chi connectivity index (χ2n) is 3.98. The fourth-order valence-corrected chi connectivity index (χ4v) is 1.72. The monoisotopic (exact) mass is 263 g/mol. The lowest BCUT2D eigenvalue weighted by Gasteiger charge is -2.14. The van der Waals surface area contributed by atoms with Gasteiger partial charge in [0.05, 0.1) is 17.3 Å². The molecular formula is C12H14FN5O. The van der Waals surface area contributed by atoms with Gasteiger partial charge in [-0.15, -0.1) is 0 Å². The van der Waals surface area contributed by atoms with Crippen molar-refractivity contribution < 1.29 is 9.18 Å². The second-order valence-corrected chi connectivity index (χ2v) is 3.98. The van der Waals surface area contributed by atoms with Gasteiger partial charge in [-0.05, 0) is 19.1 Å². The van der Waals surface area contributed by atoms with Crippen molar-refractivity contribution in [2.75, 3.05) is 5.43 Å². The van der Waals surface area contributed by atoms with Gasteiger partial charge in [0.2, 0.25) is 0 Å². The van der Waals surface area contributed by atoms with Crippen LogP contribution in [0.2, 0.25) is 0 Å². The Bertz CT molecular complexity index is 570. The van der Waals surface area contributed by atoms with Crippen molar-refractivity contribution in [1.29, 1.82) is 0 Å². The number of nitrogens with zero attached hydrogens (tertiary/aromatic N) is 1. The van der Waals surface area contributed by atoms with Gasteiger partial charge in [-0.2, -0.15) is 0 Å². The Morgan fingerprint density at radius 1 is 1.53 bits per heavy atom. The lowest BCUT2D eigenvalue weighted by molar-refractivity contribution is 0.0939. The van der Waals surface area contributed by atoms with Gasteiger partial charge in [0.15, 0.2) is 0 Å². The van der Waals surface area contributed by atoms with Gasteiger partial charge < -0.3 is 15.7 Å². The average molecular weight is 263 g/mol. The third kappa shape index (κ3) is 2.71. The Hall–Kier alpha value is -2.41. The maximum absolute atomic E-state index is 13.5. The number of hydrogen-bond acceptors (Lipinski definition) is 4. The molecule has 0 aliphatic carbocycles. The number of hydrazine groups is 1. The van der Waals surface area contributed by atoms with Crippen LogP contribution in [0.25, 0.3) is 0 Å². The van der Waals surface area contributed by atoms with Gasteiger partial charge in [0, 0.05) is 12.4 Å². The van der Waals surface area contributed by atoms with Crippen molar-refractivity contribution in [3.05, 3.63) is 47.8 Å². The van der Waals surface area contributed by atoms with E-state index in [-0.39, 0.29) is 17.3 Å². The van der Waals surface area contributed by atoms with Crippen molar-refractivity contribution in [2.24, 2.45) is 5.84 Å². The molecule has 1 heterocycles. The van der Waals surface area contributed by atoms with E-state index >= 15 is 0 Å². The van der Waals surface area contributed by atoms with E-state index in [0.717, 1.165) is 0 Å². The van der Waals surface area contributed by atoms with Gasteiger partial charge in [-0.3, -0.25) is 10.6 Å². The quantitative estimate of drug-likeness (QED) is 0.494. The number of carbonyl (C=O) groups excluding carboxylic acids is 1. The fraction of sp³-hybridized carbons (Fsp3) is 0.167. The lowest BCUT2D eigenvalue weighted by atomic mass is 10.1. The first-order valence-electron chi connectivity index (χ1n) is 5.68. The molecule has 2 rings (SSSR count). The minimum atomic E-state index is -0.583. The van der Waals surface area contributed by atoms with Crippen LogP contribution in [0.5, 0.6) is 0 Å². The zero-order valence-electron chi connectivity index (χ0n) is 10.3. The van der Waals surface area contributed by atoms with E-state index < -0.39 is 11.7 Å². The molecule has 0 saturated heterocycles. The molecule has 5 N–H and O–H groups in total. The Kier molecular flexibility index (Phi) is 3.76. The van der Waals surface area contributed by atoms with Crippen molar-refractivity contribution in [2.45, 2.75) is 13.0 Å². The number of para-hydroxylation sites is 1. The zero-order chi connectivity index (χ0) is 13.8. The topological polar surface area (TPSA) is 95.8 Å². The number of benzene rings is 1. The first kappa shape index (κ1) is 13.0. The molecule has 0 radical (unpaired) electrons. The summed E-state index contributed by atoms with van der Waals surface area (Å²) in [6.45, 7) is 1.77. The summed E-state index contributed by atoms with van der Waals surface area (Å²) >= 11 is 0. The van der Waals surface area contributed by atoms with Crippen LogP contribution >= 0.6 is 0 Å². The second kappa shape index (κ2) is 5.49. The number of nitrogens with two attached hydrogens (primary N) is 1. The maximum Gasteiger partial charge on any atom is 0.254 e. The van der Waals surface area contributed by atoms with Crippen LogP contribution < -0.4 is 16.6 Å². The van der Waals surface area contributed by atoms with Crippen LogP contribution in [0.4, 0.5) is 10.1 Å². The summed E-state index contributed by atoms with van der Waals surface area (Å²) in [6, 6.07) is 3.84. The van der Waals surface area contributed by atoms with Gasteiger partial charge in [0.1, 0.15) is 11.6 Å². The summed E-state index contributed by atoms with van der Waals surface area (Å²) in [5, 5.41) is 2.71. The molecule has 1 unspecified atom stereocenters. The molecule has 1 aromatic carbocycles. The molecule has 1 amide bonds. The molecule has 1 aromatic heterocycles. The van der Waals surface area contributed by atoms with E-state index in [1.54, 1.807) is 19.3 Å². The SMILES string of the molecule is CC(NC(=O)c1cccc(F)c1NN)c1ncc[nH]1. The van der Waals surface area contributed by atoms with Crippen molar-refractivity contribution in [3.63, 3.8) is 0 Å². The molecule has 6 nitrogen and oxygen atoms in total. The number of nitrogens with one attached hydrogen (secondary N) is 3. The molecule has 0 saturated carbocycles. The third-order valence-electron chi connectivity index (χ3n) is 2.68. The highest BCUT2D eigenvalue weighted by atomic mass is 19.1. The number of anilines is 1. The highest BCUT2D eigenvalue weighted by Crippen LogP contribution is 2.19. The Morgan fingerprint density at radius 3 is 2.95 bits per heavy atom. The summed E-state index contributed by atoms with van der Waals surface area (Å²) in [4.78, 5) is 19.0. The number of aromatic nitrogens is 2. The molecule has 2 aromatic rings. The third-order valence-corrected chi connectivity index (χ3v) is 2.68. The number of H-pyrrole nitrogens is 1. The predicted molar refractivity (Wildman–Crippen MR) is 68.7 cm³/mol. The number of carbonyl (C=O) groups is 1. The van der Waals surface area contributed by atoms with Crippen LogP contribution in [-0.2, 0) is 0 Å². The molecule has 0 aliphatic rings. The molecule has 0 spiro atoms. The van der Waals surface area contributed by atoms with Crippen LogP contribution in [0.3, 0.4) is 0 Å². The molecule has 19 heavy (non-hydrogen) atoms. The standard InChI is InChI=1S/C12H14FN5O/c1-7(11-15-5-6-16-11)17-12(19)8-3-2-4-9(13)10(8)18-14/h2-7,18H,14H2,1H3,(H,15,16)(H,17,19). The Morgan fingerprint density at radius 2 is 2.32 bits per heavy atom. The summed E-state index contributed by atoms with van der Waals surface area (Å²) in [5.74, 6) is 4.83. The molecule has 0 aliphatic heterocycles. The molecule has 0 bridgehead atoms. The minimum absolute atomic E-state index is 0.0355. The van der Waals surface area contributed by atoms with E-state index in [1.807, 2.05) is 0 Å². The van der Waals surface area contributed by atoms with E-state index in [0.29, 0.717) is 5.82 Å². The normalized spacial score (nSPS) is 11.9. The highest BCUT2D eigenvalue weighted by molar-refractivity contribution is 5.99. The largest absolute Gasteiger partial charge is 0.347 e.